The van der Waals surface area contributed by atoms with Crippen LogP contribution in [-0.4, -0.2) is 58.5 Å². The molecule has 2 aliphatic rings. The maximum Gasteiger partial charge on any atom is 0.272 e. The molecule has 0 N–H and O–H groups in total. The normalized spacial score (nSPS) is 18.1. The van der Waals surface area contributed by atoms with Crippen molar-refractivity contribution in [2.24, 2.45) is 5.92 Å². The predicted molar refractivity (Wildman–Crippen MR) is 105 cm³/mol. The van der Waals surface area contributed by atoms with Crippen molar-refractivity contribution in [2.45, 2.75) is 57.9 Å². The summed E-state index contributed by atoms with van der Waals surface area (Å²) in [5, 5.41) is 12.8. The van der Waals surface area contributed by atoms with Gasteiger partial charge >= 0.3 is 0 Å². The smallest absolute Gasteiger partial charge is 0.272 e. The van der Waals surface area contributed by atoms with E-state index in [1.165, 1.54) is 19.2 Å². The first-order valence-corrected chi connectivity index (χ1v) is 10.5. The van der Waals surface area contributed by atoms with E-state index in [9.17, 15) is 4.79 Å². The van der Waals surface area contributed by atoms with E-state index in [0.29, 0.717) is 23.3 Å². The Kier molecular flexibility index (Phi) is 4.52. The molecule has 9 nitrogen and oxygen atoms in total. The first-order valence-electron chi connectivity index (χ1n) is 10.5. The first kappa shape index (κ1) is 18.2. The third-order valence-corrected chi connectivity index (χ3v) is 5.99. The van der Waals surface area contributed by atoms with Crippen LogP contribution in [0.5, 0.6) is 0 Å². The third-order valence-electron chi connectivity index (χ3n) is 5.99. The molecule has 29 heavy (non-hydrogen) atoms. The summed E-state index contributed by atoms with van der Waals surface area (Å²) in [6.45, 7) is 6.52. The van der Waals surface area contributed by atoms with Crippen LogP contribution in [0.2, 0.25) is 0 Å². The van der Waals surface area contributed by atoms with Crippen molar-refractivity contribution in [1.82, 2.24) is 39.5 Å². The summed E-state index contributed by atoms with van der Waals surface area (Å²) in [6.07, 6.45) is 7.99. The van der Waals surface area contributed by atoms with E-state index >= 15 is 0 Å². The highest BCUT2D eigenvalue weighted by Gasteiger charge is 2.28. The van der Waals surface area contributed by atoms with Crippen LogP contribution in [0.4, 0.5) is 0 Å². The van der Waals surface area contributed by atoms with Crippen LogP contribution >= 0.6 is 0 Å². The van der Waals surface area contributed by atoms with Gasteiger partial charge in [-0.1, -0.05) is 19.1 Å². The molecule has 2 fully saturated rings. The quantitative estimate of drug-likeness (QED) is 0.659. The number of piperidine rings is 1. The van der Waals surface area contributed by atoms with E-state index in [1.807, 2.05) is 15.6 Å². The Hall–Kier alpha value is -2.84. The topological polar surface area (TPSA) is 94.1 Å². The molecule has 1 saturated heterocycles. The summed E-state index contributed by atoms with van der Waals surface area (Å²) in [4.78, 5) is 23.6. The summed E-state index contributed by atoms with van der Waals surface area (Å²) in [5.74, 6) is 1.84. The van der Waals surface area contributed by atoms with E-state index in [-0.39, 0.29) is 11.8 Å². The second-order valence-electron chi connectivity index (χ2n) is 8.57. The summed E-state index contributed by atoms with van der Waals surface area (Å²) in [7, 11) is 0. The number of carbonyl (C=O) groups is 1. The Morgan fingerprint density at radius 1 is 1.21 bits per heavy atom. The van der Waals surface area contributed by atoms with Crippen molar-refractivity contribution in [3.8, 4) is 0 Å². The van der Waals surface area contributed by atoms with Crippen LogP contribution in [0.25, 0.3) is 5.78 Å². The van der Waals surface area contributed by atoms with Gasteiger partial charge in [0.15, 0.2) is 0 Å². The minimum absolute atomic E-state index is 0.0207. The van der Waals surface area contributed by atoms with Crippen molar-refractivity contribution < 1.29 is 4.79 Å². The average molecular weight is 394 g/mol. The Bertz CT molecular complexity index is 1030. The SMILES string of the molecule is CC(C)c1cc(C(=O)N2CCC(Cn3cc(C4CC4)nn3)CC2)nc2ncnn12. The molecule has 3 aromatic heterocycles. The number of rotatable bonds is 5. The maximum absolute atomic E-state index is 13.1. The van der Waals surface area contributed by atoms with Crippen LogP contribution in [0.3, 0.4) is 0 Å². The van der Waals surface area contributed by atoms with Crippen LogP contribution < -0.4 is 0 Å². The van der Waals surface area contributed by atoms with Crippen molar-refractivity contribution in [3.05, 3.63) is 35.7 Å². The third kappa shape index (κ3) is 3.61. The van der Waals surface area contributed by atoms with Crippen molar-refractivity contribution in [2.75, 3.05) is 13.1 Å². The molecule has 0 bridgehead atoms. The van der Waals surface area contributed by atoms with Gasteiger partial charge in [-0.2, -0.15) is 10.1 Å². The molecule has 1 saturated carbocycles. The fraction of sp³-hybridized carbons (Fsp3) is 0.600. The zero-order valence-corrected chi connectivity index (χ0v) is 16.9. The number of carbonyl (C=O) groups excluding carboxylic acids is 1. The van der Waals surface area contributed by atoms with E-state index in [2.05, 4.69) is 45.4 Å². The van der Waals surface area contributed by atoms with Gasteiger partial charge in [-0.3, -0.25) is 9.48 Å². The number of aromatic nitrogens is 7. The molecule has 1 amide bonds. The van der Waals surface area contributed by atoms with Gasteiger partial charge in [-0.25, -0.2) is 9.50 Å². The van der Waals surface area contributed by atoms with E-state index in [0.717, 1.165) is 43.9 Å². The first-order chi connectivity index (χ1) is 14.1. The Morgan fingerprint density at radius 2 is 2.00 bits per heavy atom. The van der Waals surface area contributed by atoms with E-state index in [4.69, 9.17) is 0 Å². The van der Waals surface area contributed by atoms with Gasteiger partial charge in [-0.05, 0) is 43.6 Å². The number of hydrogen-bond donors (Lipinski definition) is 0. The lowest BCUT2D eigenvalue weighted by molar-refractivity contribution is 0.0675. The van der Waals surface area contributed by atoms with Gasteiger partial charge in [0.25, 0.3) is 11.7 Å². The molecule has 0 atom stereocenters. The van der Waals surface area contributed by atoms with E-state index < -0.39 is 0 Å². The molecule has 9 heteroatoms. The lowest BCUT2D eigenvalue weighted by Crippen LogP contribution is -2.39. The second kappa shape index (κ2) is 7.20. The summed E-state index contributed by atoms with van der Waals surface area (Å²) < 4.78 is 3.69. The van der Waals surface area contributed by atoms with Crippen molar-refractivity contribution >= 4 is 11.7 Å². The lowest BCUT2D eigenvalue weighted by atomic mass is 9.96. The van der Waals surface area contributed by atoms with Crippen LogP contribution in [0.1, 0.15) is 73.2 Å². The second-order valence-corrected chi connectivity index (χ2v) is 8.57. The Labute approximate surface area is 169 Å². The molecule has 152 valence electrons. The summed E-state index contributed by atoms with van der Waals surface area (Å²) in [5.41, 5.74) is 2.54. The number of nitrogens with zero attached hydrogens (tertiary/aromatic N) is 8. The largest absolute Gasteiger partial charge is 0.337 e. The fourth-order valence-corrected chi connectivity index (χ4v) is 4.07. The Balaban J connectivity index is 1.24. The highest BCUT2D eigenvalue weighted by Crippen LogP contribution is 2.38. The molecule has 1 aliphatic heterocycles. The predicted octanol–water partition coefficient (Wildman–Crippen LogP) is 2.27. The van der Waals surface area contributed by atoms with Crippen LogP contribution in [0, 0.1) is 5.92 Å². The zero-order chi connectivity index (χ0) is 20.0. The molecule has 1 aliphatic carbocycles. The lowest BCUT2D eigenvalue weighted by Gasteiger charge is -2.31. The summed E-state index contributed by atoms with van der Waals surface area (Å²) in [6, 6.07) is 1.86. The monoisotopic (exact) mass is 394 g/mol. The maximum atomic E-state index is 13.1. The van der Waals surface area contributed by atoms with Gasteiger partial charge in [-0.15, -0.1) is 5.10 Å². The molecule has 0 aromatic carbocycles. The van der Waals surface area contributed by atoms with Gasteiger partial charge in [0.05, 0.1) is 11.4 Å². The zero-order valence-electron chi connectivity index (χ0n) is 16.9. The number of hydrogen-bond acceptors (Lipinski definition) is 6. The molecule has 0 spiro atoms. The fourth-order valence-electron chi connectivity index (χ4n) is 4.07. The highest BCUT2D eigenvalue weighted by molar-refractivity contribution is 5.92. The van der Waals surface area contributed by atoms with Gasteiger partial charge in [0.1, 0.15) is 12.0 Å². The van der Waals surface area contributed by atoms with Crippen molar-refractivity contribution in [3.63, 3.8) is 0 Å². The van der Waals surface area contributed by atoms with Crippen LogP contribution in [0.15, 0.2) is 18.6 Å². The molecule has 0 unspecified atom stereocenters. The molecule has 4 heterocycles. The highest BCUT2D eigenvalue weighted by atomic mass is 16.2. The molecular weight excluding hydrogens is 368 g/mol. The Morgan fingerprint density at radius 3 is 2.72 bits per heavy atom. The van der Waals surface area contributed by atoms with Gasteiger partial charge in [0.2, 0.25) is 0 Å². The molecule has 5 rings (SSSR count). The summed E-state index contributed by atoms with van der Waals surface area (Å²) >= 11 is 0. The molecule has 3 aromatic rings. The molecule has 0 radical (unpaired) electrons. The minimum atomic E-state index is -0.0207. The van der Waals surface area contributed by atoms with E-state index in [1.54, 1.807) is 4.52 Å². The standard InChI is InChI=1S/C20H26N8O/c1-13(2)18-9-16(23-20-21-12-22-28(18)20)19(29)26-7-5-14(6-8-26)10-27-11-17(24-25-27)15-3-4-15/h9,11-15H,3-8,10H2,1-2H3. The van der Waals surface area contributed by atoms with Gasteiger partial charge in [0, 0.05) is 31.7 Å². The van der Waals surface area contributed by atoms with Crippen LogP contribution in [-0.2, 0) is 6.54 Å². The number of amides is 1. The average Bonchev–Trinajstić information content (AvgIpc) is 3.28. The molecular formula is C20H26N8O. The minimum Gasteiger partial charge on any atom is -0.337 e. The number of likely N-dealkylation sites (tertiary alicyclic amines) is 1. The number of fused-ring (bicyclic) bond motifs is 1. The van der Waals surface area contributed by atoms with Gasteiger partial charge < -0.3 is 4.90 Å². The van der Waals surface area contributed by atoms with Crippen molar-refractivity contribution in [1.29, 1.82) is 0 Å².